The van der Waals surface area contributed by atoms with Crippen molar-refractivity contribution in [2.45, 2.75) is 39.3 Å². The lowest BCUT2D eigenvalue weighted by Crippen LogP contribution is -2.34. The Morgan fingerprint density at radius 1 is 1.35 bits per heavy atom. The number of nitrogens with zero attached hydrogens (tertiary/aromatic N) is 5. The Morgan fingerprint density at radius 3 is 2.78 bits per heavy atom. The largest absolute Gasteiger partial charge is 0.494 e. The first-order valence-corrected chi connectivity index (χ1v) is 7.94. The maximum atomic E-state index is 12.6. The highest BCUT2D eigenvalue weighted by Crippen LogP contribution is 2.32. The van der Waals surface area contributed by atoms with E-state index in [0.717, 1.165) is 30.7 Å². The fraction of sp³-hybridized carbons (Fsp3) is 0.500. The van der Waals surface area contributed by atoms with Gasteiger partial charge in [0.1, 0.15) is 18.1 Å². The van der Waals surface area contributed by atoms with Gasteiger partial charge in [-0.15, -0.1) is 5.10 Å². The van der Waals surface area contributed by atoms with Crippen molar-refractivity contribution in [2.75, 3.05) is 13.2 Å². The number of carbonyl (C=O) groups is 1. The van der Waals surface area contributed by atoms with E-state index in [0.29, 0.717) is 12.4 Å². The van der Waals surface area contributed by atoms with E-state index in [2.05, 4.69) is 15.5 Å². The molecule has 1 aliphatic rings. The lowest BCUT2D eigenvalue weighted by atomic mass is 10.0. The molecule has 1 atom stereocenters. The first kappa shape index (κ1) is 15.5. The van der Waals surface area contributed by atoms with Crippen molar-refractivity contribution >= 4 is 5.91 Å². The number of carbonyl (C=O) groups excluding carboxylic acids is 1. The van der Waals surface area contributed by atoms with E-state index in [4.69, 9.17) is 4.74 Å². The summed E-state index contributed by atoms with van der Waals surface area (Å²) in [6, 6.07) is 8.14. The molecule has 1 saturated heterocycles. The van der Waals surface area contributed by atoms with Crippen LogP contribution >= 0.6 is 0 Å². The van der Waals surface area contributed by atoms with Gasteiger partial charge in [0.25, 0.3) is 0 Å². The highest BCUT2D eigenvalue weighted by Gasteiger charge is 2.30. The SMILES string of the molecule is CCOc1ccc(C2CCCN2C(=O)Cn2nnnc2C)cc1. The number of ether oxygens (including phenoxy) is 1. The van der Waals surface area contributed by atoms with Crippen LogP contribution < -0.4 is 4.74 Å². The number of hydrogen-bond acceptors (Lipinski definition) is 5. The third kappa shape index (κ3) is 3.33. The molecule has 0 N–H and O–H groups in total. The van der Waals surface area contributed by atoms with E-state index < -0.39 is 0 Å². The van der Waals surface area contributed by atoms with E-state index in [1.165, 1.54) is 4.68 Å². The Morgan fingerprint density at radius 2 is 2.13 bits per heavy atom. The second-order valence-electron chi connectivity index (χ2n) is 5.63. The van der Waals surface area contributed by atoms with E-state index in [-0.39, 0.29) is 18.5 Å². The molecule has 23 heavy (non-hydrogen) atoms. The van der Waals surface area contributed by atoms with Crippen molar-refractivity contribution in [1.82, 2.24) is 25.1 Å². The van der Waals surface area contributed by atoms with Gasteiger partial charge in [0, 0.05) is 6.54 Å². The fourth-order valence-corrected chi connectivity index (χ4v) is 2.98. The van der Waals surface area contributed by atoms with Gasteiger partial charge >= 0.3 is 0 Å². The first-order chi connectivity index (χ1) is 11.2. The molecule has 0 spiro atoms. The minimum absolute atomic E-state index is 0.0526. The molecule has 3 rings (SSSR count). The van der Waals surface area contributed by atoms with Gasteiger partial charge in [-0.1, -0.05) is 12.1 Å². The molecule has 2 aromatic rings. The van der Waals surface area contributed by atoms with Crippen LogP contribution in [0.5, 0.6) is 5.75 Å². The summed E-state index contributed by atoms with van der Waals surface area (Å²) in [6.07, 6.45) is 1.99. The van der Waals surface area contributed by atoms with Crippen molar-refractivity contribution in [2.24, 2.45) is 0 Å². The number of tetrazole rings is 1. The molecule has 1 unspecified atom stereocenters. The van der Waals surface area contributed by atoms with Gasteiger partial charge in [-0.25, -0.2) is 4.68 Å². The Labute approximate surface area is 135 Å². The average molecular weight is 315 g/mol. The molecule has 0 radical (unpaired) electrons. The summed E-state index contributed by atoms with van der Waals surface area (Å²) in [5, 5.41) is 11.3. The zero-order chi connectivity index (χ0) is 16.2. The fourth-order valence-electron chi connectivity index (χ4n) is 2.98. The molecule has 1 aliphatic heterocycles. The van der Waals surface area contributed by atoms with Gasteiger partial charge in [0.15, 0.2) is 0 Å². The van der Waals surface area contributed by atoms with Crippen LogP contribution in [0.4, 0.5) is 0 Å². The van der Waals surface area contributed by atoms with Crippen LogP contribution in [-0.4, -0.2) is 44.2 Å². The molecule has 122 valence electrons. The topological polar surface area (TPSA) is 73.1 Å². The van der Waals surface area contributed by atoms with Gasteiger partial charge in [0.05, 0.1) is 12.6 Å². The van der Waals surface area contributed by atoms with Crippen LogP contribution in [0.3, 0.4) is 0 Å². The molecule has 2 heterocycles. The molecular formula is C16H21N5O2. The van der Waals surface area contributed by atoms with Crippen molar-refractivity contribution in [3.8, 4) is 5.75 Å². The van der Waals surface area contributed by atoms with Crippen LogP contribution in [0.25, 0.3) is 0 Å². The number of aryl methyl sites for hydroxylation is 1. The average Bonchev–Trinajstić information content (AvgIpc) is 3.18. The molecule has 1 aromatic carbocycles. The molecule has 0 aliphatic carbocycles. The summed E-state index contributed by atoms with van der Waals surface area (Å²) in [5.74, 6) is 1.56. The molecule has 0 bridgehead atoms. The van der Waals surface area contributed by atoms with Crippen LogP contribution in [-0.2, 0) is 11.3 Å². The van der Waals surface area contributed by atoms with Crippen LogP contribution in [0.2, 0.25) is 0 Å². The highest BCUT2D eigenvalue weighted by atomic mass is 16.5. The van der Waals surface area contributed by atoms with Gasteiger partial charge in [-0.2, -0.15) is 0 Å². The Kier molecular flexibility index (Phi) is 4.55. The highest BCUT2D eigenvalue weighted by molar-refractivity contribution is 5.76. The van der Waals surface area contributed by atoms with Gasteiger partial charge < -0.3 is 9.64 Å². The number of hydrogen-bond donors (Lipinski definition) is 0. The smallest absolute Gasteiger partial charge is 0.244 e. The molecule has 1 fully saturated rings. The summed E-state index contributed by atoms with van der Waals surface area (Å²) in [6.45, 7) is 5.37. The maximum Gasteiger partial charge on any atom is 0.244 e. The minimum atomic E-state index is 0.0526. The predicted octanol–water partition coefficient (Wildman–Crippen LogP) is 1.74. The summed E-state index contributed by atoms with van der Waals surface area (Å²) < 4.78 is 7.01. The third-order valence-electron chi connectivity index (χ3n) is 4.15. The van der Waals surface area contributed by atoms with Crippen molar-refractivity contribution in [3.63, 3.8) is 0 Å². The Balaban J connectivity index is 1.72. The van der Waals surface area contributed by atoms with Gasteiger partial charge in [0.2, 0.25) is 5.91 Å². The Bertz CT molecular complexity index is 667. The van der Waals surface area contributed by atoms with E-state index >= 15 is 0 Å². The van der Waals surface area contributed by atoms with Crippen LogP contribution in [0.1, 0.15) is 37.2 Å². The monoisotopic (exact) mass is 315 g/mol. The second kappa shape index (κ2) is 6.76. The predicted molar refractivity (Wildman–Crippen MR) is 83.9 cm³/mol. The first-order valence-electron chi connectivity index (χ1n) is 7.94. The maximum absolute atomic E-state index is 12.6. The number of amides is 1. The zero-order valence-corrected chi connectivity index (χ0v) is 13.5. The zero-order valence-electron chi connectivity index (χ0n) is 13.5. The number of benzene rings is 1. The lowest BCUT2D eigenvalue weighted by molar-refractivity contribution is -0.133. The lowest BCUT2D eigenvalue weighted by Gasteiger charge is -2.25. The minimum Gasteiger partial charge on any atom is -0.494 e. The summed E-state index contributed by atoms with van der Waals surface area (Å²) in [4.78, 5) is 14.5. The summed E-state index contributed by atoms with van der Waals surface area (Å²) >= 11 is 0. The second-order valence-corrected chi connectivity index (χ2v) is 5.63. The normalized spacial score (nSPS) is 17.5. The molecule has 7 heteroatoms. The quantitative estimate of drug-likeness (QED) is 0.840. The standard InChI is InChI=1S/C16H21N5O2/c1-3-23-14-8-6-13(7-9-14)15-5-4-10-20(15)16(22)11-21-12(2)17-18-19-21/h6-9,15H,3-5,10-11H2,1-2H3. The molecular weight excluding hydrogens is 294 g/mol. The summed E-state index contributed by atoms with van der Waals surface area (Å²) in [5.41, 5.74) is 1.15. The molecule has 1 amide bonds. The van der Waals surface area contributed by atoms with E-state index in [1.807, 2.05) is 36.1 Å². The molecule has 7 nitrogen and oxygen atoms in total. The number of likely N-dealkylation sites (tertiary alicyclic amines) is 1. The van der Waals surface area contributed by atoms with Crippen LogP contribution in [0, 0.1) is 6.92 Å². The van der Waals surface area contributed by atoms with Crippen molar-refractivity contribution in [1.29, 1.82) is 0 Å². The Hall–Kier alpha value is -2.44. The van der Waals surface area contributed by atoms with Crippen molar-refractivity contribution in [3.05, 3.63) is 35.7 Å². The van der Waals surface area contributed by atoms with Gasteiger partial charge in [-0.05, 0) is 54.8 Å². The molecule has 1 aromatic heterocycles. The number of rotatable bonds is 5. The van der Waals surface area contributed by atoms with E-state index in [9.17, 15) is 4.79 Å². The van der Waals surface area contributed by atoms with Gasteiger partial charge in [-0.3, -0.25) is 4.79 Å². The van der Waals surface area contributed by atoms with Crippen molar-refractivity contribution < 1.29 is 9.53 Å². The third-order valence-corrected chi connectivity index (χ3v) is 4.15. The summed E-state index contributed by atoms with van der Waals surface area (Å²) in [7, 11) is 0. The van der Waals surface area contributed by atoms with E-state index in [1.54, 1.807) is 6.92 Å². The number of aromatic nitrogens is 4. The van der Waals surface area contributed by atoms with Crippen LogP contribution in [0.15, 0.2) is 24.3 Å². The molecule has 0 saturated carbocycles.